The van der Waals surface area contributed by atoms with Gasteiger partial charge in [-0.25, -0.2) is 9.78 Å². The van der Waals surface area contributed by atoms with Crippen LogP contribution in [0.4, 0.5) is 16.5 Å². The van der Waals surface area contributed by atoms with Gasteiger partial charge in [-0.1, -0.05) is 18.2 Å². The minimum atomic E-state index is -0.609. The maximum absolute atomic E-state index is 13.1. The summed E-state index contributed by atoms with van der Waals surface area (Å²) in [5, 5.41) is 6.55. The number of rotatable bonds is 5. The molecule has 0 saturated carbocycles. The van der Waals surface area contributed by atoms with Crippen LogP contribution in [0.15, 0.2) is 54.7 Å². The third-order valence-corrected chi connectivity index (χ3v) is 5.39. The summed E-state index contributed by atoms with van der Waals surface area (Å²) >= 11 is 1.17. The summed E-state index contributed by atoms with van der Waals surface area (Å²) in [6.45, 7) is 7.17. The summed E-state index contributed by atoms with van der Waals surface area (Å²) in [6.07, 6.45) is 1.61. The second-order valence-electron chi connectivity index (χ2n) is 8.38. The smallest absolute Gasteiger partial charge is 0.338 e. The Hall–Kier alpha value is -3.85. The lowest BCUT2D eigenvalue weighted by atomic mass is 10.1. The minimum absolute atomic E-state index is 0.348. The molecule has 2 N–H and O–H groups in total. The van der Waals surface area contributed by atoms with E-state index in [9.17, 15) is 9.59 Å². The fraction of sp³-hybridized carbons (Fsp3) is 0.208. The van der Waals surface area contributed by atoms with E-state index in [2.05, 4.69) is 25.0 Å². The molecule has 0 atom stereocenters. The molecule has 0 fully saturated rings. The van der Waals surface area contributed by atoms with Gasteiger partial charge in [-0.05, 0) is 69.6 Å². The van der Waals surface area contributed by atoms with Gasteiger partial charge in [0.15, 0.2) is 0 Å². The van der Waals surface area contributed by atoms with Crippen molar-refractivity contribution < 1.29 is 14.3 Å². The third-order valence-electron chi connectivity index (χ3n) is 4.53. The van der Waals surface area contributed by atoms with Gasteiger partial charge in [0.1, 0.15) is 16.4 Å². The van der Waals surface area contributed by atoms with Crippen LogP contribution < -0.4 is 10.6 Å². The van der Waals surface area contributed by atoms with E-state index in [1.54, 1.807) is 58.2 Å². The number of nitrogens with zero attached hydrogens (tertiary/aromatic N) is 3. The second-order valence-corrected chi connectivity index (χ2v) is 9.15. The maximum atomic E-state index is 13.1. The van der Waals surface area contributed by atoms with Crippen LogP contribution in [0.3, 0.4) is 0 Å². The largest absolute Gasteiger partial charge is 0.456 e. The van der Waals surface area contributed by atoms with Gasteiger partial charge in [0.05, 0.1) is 34.1 Å². The summed E-state index contributed by atoms with van der Waals surface area (Å²) in [4.78, 5) is 34.4. The molecular weight excluding hydrogens is 438 g/mol. The number of esters is 1. The van der Waals surface area contributed by atoms with Crippen LogP contribution in [0, 0.1) is 6.92 Å². The lowest BCUT2D eigenvalue weighted by Crippen LogP contribution is -2.24. The van der Waals surface area contributed by atoms with Crippen LogP contribution in [0.1, 0.15) is 47.2 Å². The Morgan fingerprint density at radius 1 is 1.03 bits per heavy atom. The Morgan fingerprint density at radius 2 is 1.79 bits per heavy atom. The SMILES string of the molecule is Cc1nsc(Nc2cnc3ccccc3n2)c1C(=O)Nc1cccc(C(=O)OC(C)(C)C)c1. The van der Waals surface area contributed by atoms with Crippen molar-refractivity contribution in [2.75, 3.05) is 10.6 Å². The normalized spacial score (nSPS) is 11.3. The fourth-order valence-electron chi connectivity index (χ4n) is 3.11. The molecule has 0 bridgehead atoms. The Morgan fingerprint density at radius 3 is 2.55 bits per heavy atom. The highest BCUT2D eigenvalue weighted by Gasteiger charge is 2.21. The number of ether oxygens (including phenoxy) is 1. The molecule has 0 spiro atoms. The van der Waals surface area contributed by atoms with Crippen molar-refractivity contribution in [2.45, 2.75) is 33.3 Å². The first-order valence-electron chi connectivity index (χ1n) is 10.3. The first kappa shape index (κ1) is 22.3. The number of amides is 1. The molecule has 33 heavy (non-hydrogen) atoms. The Balaban J connectivity index is 1.54. The fourth-order valence-corrected chi connectivity index (χ4v) is 3.91. The highest BCUT2D eigenvalue weighted by atomic mass is 32.1. The molecule has 0 aliphatic rings. The van der Waals surface area contributed by atoms with E-state index in [4.69, 9.17) is 4.74 Å². The van der Waals surface area contributed by atoms with Crippen LogP contribution in [0.2, 0.25) is 0 Å². The second kappa shape index (κ2) is 8.95. The van der Waals surface area contributed by atoms with Gasteiger partial charge >= 0.3 is 5.97 Å². The van der Waals surface area contributed by atoms with Gasteiger partial charge in [0, 0.05) is 5.69 Å². The molecule has 0 aliphatic carbocycles. The Kier molecular flexibility index (Phi) is 6.06. The molecule has 2 aromatic heterocycles. The van der Waals surface area contributed by atoms with Gasteiger partial charge in [0.2, 0.25) is 0 Å². The molecule has 2 heterocycles. The molecule has 2 aromatic carbocycles. The lowest BCUT2D eigenvalue weighted by Gasteiger charge is -2.19. The average Bonchev–Trinajstić information content (AvgIpc) is 3.12. The Labute approximate surface area is 195 Å². The molecule has 9 heteroatoms. The molecular formula is C24H23N5O3S. The predicted molar refractivity (Wildman–Crippen MR) is 129 cm³/mol. The number of hydrogen-bond acceptors (Lipinski definition) is 8. The van der Waals surface area contributed by atoms with E-state index in [1.165, 1.54) is 11.5 Å². The maximum Gasteiger partial charge on any atom is 0.338 e. The Bertz CT molecular complexity index is 1340. The zero-order valence-electron chi connectivity index (χ0n) is 18.7. The summed E-state index contributed by atoms with van der Waals surface area (Å²) in [5.74, 6) is -0.290. The summed E-state index contributed by atoms with van der Waals surface area (Å²) in [5.41, 5.74) is 2.73. The van der Waals surface area contributed by atoms with Crippen LogP contribution in [0.25, 0.3) is 11.0 Å². The van der Waals surface area contributed by atoms with E-state index in [1.807, 2.05) is 24.3 Å². The monoisotopic (exact) mass is 461 g/mol. The van der Waals surface area contributed by atoms with E-state index >= 15 is 0 Å². The zero-order valence-corrected chi connectivity index (χ0v) is 19.5. The van der Waals surface area contributed by atoms with Crippen molar-refractivity contribution in [3.05, 3.63) is 71.5 Å². The minimum Gasteiger partial charge on any atom is -0.456 e. The number of fused-ring (bicyclic) bond motifs is 1. The molecule has 8 nitrogen and oxygen atoms in total. The molecule has 168 valence electrons. The van der Waals surface area contributed by atoms with E-state index < -0.39 is 11.6 Å². The molecule has 4 aromatic rings. The topological polar surface area (TPSA) is 106 Å². The zero-order chi connectivity index (χ0) is 23.6. The summed E-state index contributed by atoms with van der Waals surface area (Å²) < 4.78 is 9.73. The van der Waals surface area contributed by atoms with Crippen LogP contribution in [0.5, 0.6) is 0 Å². The van der Waals surface area contributed by atoms with Crippen LogP contribution >= 0.6 is 11.5 Å². The van der Waals surface area contributed by atoms with E-state index in [0.717, 1.165) is 11.0 Å². The quantitative estimate of drug-likeness (QED) is 0.386. The summed E-state index contributed by atoms with van der Waals surface area (Å²) in [7, 11) is 0. The number of aryl methyl sites for hydroxylation is 1. The molecule has 0 radical (unpaired) electrons. The molecule has 0 aliphatic heterocycles. The number of hydrogen-bond donors (Lipinski definition) is 2. The van der Waals surface area contributed by atoms with Crippen molar-refractivity contribution in [3.63, 3.8) is 0 Å². The van der Waals surface area contributed by atoms with E-state index in [0.29, 0.717) is 33.3 Å². The number of anilines is 3. The third kappa shape index (κ3) is 5.32. The van der Waals surface area contributed by atoms with Gasteiger partial charge in [0.25, 0.3) is 5.91 Å². The van der Waals surface area contributed by atoms with Crippen molar-refractivity contribution in [1.29, 1.82) is 0 Å². The first-order chi connectivity index (χ1) is 15.7. The summed E-state index contributed by atoms with van der Waals surface area (Å²) in [6, 6.07) is 14.2. The number of para-hydroxylation sites is 2. The van der Waals surface area contributed by atoms with Crippen LogP contribution in [-0.4, -0.2) is 31.8 Å². The van der Waals surface area contributed by atoms with Crippen molar-refractivity contribution >= 4 is 50.9 Å². The van der Waals surface area contributed by atoms with E-state index in [-0.39, 0.29) is 5.91 Å². The highest BCUT2D eigenvalue weighted by Crippen LogP contribution is 2.29. The molecule has 1 amide bonds. The number of aromatic nitrogens is 3. The van der Waals surface area contributed by atoms with Crippen LogP contribution in [-0.2, 0) is 4.74 Å². The van der Waals surface area contributed by atoms with Crippen molar-refractivity contribution in [2.24, 2.45) is 0 Å². The molecule has 0 saturated heterocycles. The average molecular weight is 462 g/mol. The lowest BCUT2D eigenvalue weighted by molar-refractivity contribution is 0.00694. The number of carbonyl (C=O) groups is 2. The van der Waals surface area contributed by atoms with Gasteiger partial charge in [-0.15, -0.1) is 0 Å². The molecule has 0 unspecified atom stereocenters. The number of benzene rings is 2. The van der Waals surface area contributed by atoms with Gasteiger partial charge in [-0.3, -0.25) is 9.78 Å². The first-order valence-corrected chi connectivity index (χ1v) is 11.1. The van der Waals surface area contributed by atoms with Crippen molar-refractivity contribution in [3.8, 4) is 0 Å². The van der Waals surface area contributed by atoms with Gasteiger partial charge < -0.3 is 15.4 Å². The molecule has 4 rings (SSSR count). The van der Waals surface area contributed by atoms with Gasteiger partial charge in [-0.2, -0.15) is 4.37 Å². The standard InChI is InChI=1S/C24H23N5O3S/c1-14-20(21(30)26-16-9-7-8-15(12-16)23(31)32-24(2,3)4)22(33-29-14)28-19-13-25-17-10-5-6-11-18(17)27-19/h5-13H,1-4H3,(H,26,30)(H,27,28). The van der Waals surface area contributed by atoms with Crippen molar-refractivity contribution in [1.82, 2.24) is 14.3 Å². The predicted octanol–water partition coefficient (Wildman–Crippen LogP) is 5.35. The number of carbonyl (C=O) groups excluding carboxylic acids is 2. The number of nitrogens with one attached hydrogen (secondary N) is 2. The highest BCUT2D eigenvalue weighted by molar-refractivity contribution is 7.10.